The Labute approximate surface area is 151 Å². The summed E-state index contributed by atoms with van der Waals surface area (Å²) < 4.78 is 28.2. The van der Waals surface area contributed by atoms with Crippen molar-refractivity contribution in [2.75, 3.05) is 20.7 Å². The van der Waals surface area contributed by atoms with Crippen molar-refractivity contribution in [2.45, 2.75) is 22.5 Å². The number of thiophene rings is 1. The van der Waals surface area contributed by atoms with Crippen LogP contribution in [-0.4, -0.2) is 39.9 Å². The van der Waals surface area contributed by atoms with E-state index in [1.54, 1.807) is 11.9 Å². The zero-order chi connectivity index (χ0) is 18.2. The van der Waals surface area contributed by atoms with Crippen molar-refractivity contribution in [3.8, 4) is 5.75 Å². The molecule has 134 valence electrons. The Morgan fingerprint density at radius 1 is 1.32 bits per heavy atom. The molecule has 1 aliphatic rings. The average Bonchev–Trinajstić information content (AvgIpc) is 3.22. The van der Waals surface area contributed by atoms with Gasteiger partial charge in [-0.1, -0.05) is 30.3 Å². The Balaban J connectivity index is 1.81. The molecule has 1 fully saturated rings. The molecular formula is C17H20N2O4S2. The molecule has 1 saturated carbocycles. The van der Waals surface area contributed by atoms with Crippen LogP contribution in [0, 0.1) is 0 Å². The number of nitrogens with two attached hydrogens (primary N) is 1. The summed E-state index contributed by atoms with van der Waals surface area (Å²) in [6.07, 6.45) is 2.07. The Kier molecular flexibility index (Phi) is 4.61. The first-order valence-corrected chi connectivity index (χ1v) is 10.1. The first-order chi connectivity index (χ1) is 11.8. The minimum Gasteiger partial charge on any atom is -0.494 e. The molecule has 0 saturated heterocycles. The number of sulfonamides is 1. The van der Waals surface area contributed by atoms with Gasteiger partial charge in [0.15, 0.2) is 9.96 Å². The molecule has 1 heterocycles. The smallest absolute Gasteiger partial charge is 0.263 e. The summed E-state index contributed by atoms with van der Waals surface area (Å²) in [5, 5.41) is 5.19. The summed E-state index contributed by atoms with van der Waals surface area (Å²) in [4.78, 5) is 14.7. The molecule has 0 radical (unpaired) electrons. The van der Waals surface area contributed by atoms with Crippen LogP contribution >= 0.6 is 11.3 Å². The second-order valence-electron chi connectivity index (χ2n) is 6.32. The summed E-state index contributed by atoms with van der Waals surface area (Å²) in [5.41, 5.74) is 1.22. The van der Waals surface area contributed by atoms with E-state index < -0.39 is 10.0 Å². The largest absolute Gasteiger partial charge is 0.494 e. The van der Waals surface area contributed by atoms with E-state index in [-0.39, 0.29) is 21.3 Å². The highest BCUT2D eigenvalue weighted by atomic mass is 32.2. The second-order valence-corrected chi connectivity index (χ2v) is 9.13. The summed E-state index contributed by atoms with van der Waals surface area (Å²) in [7, 11) is -0.846. The number of carbonyl (C=O) groups is 1. The Morgan fingerprint density at radius 2 is 1.96 bits per heavy atom. The van der Waals surface area contributed by atoms with Crippen molar-refractivity contribution in [2.24, 2.45) is 5.14 Å². The maximum atomic E-state index is 12.7. The zero-order valence-electron chi connectivity index (χ0n) is 14.1. The Bertz CT molecular complexity index is 887. The first-order valence-electron chi connectivity index (χ1n) is 7.78. The fraction of sp³-hybridized carbons (Fsp3) is 0.353. The summed E-state index contributed by atoms with van der Waals surface area (Å²) in [5.74, 6) is -0.131. The van der Waals surface area contributed by atoms with E-state index in [2.05, 4.69) is 12.1 Å². The monoisotopic (exact) mass is 380 g/mol. The number of amides is 1. The maximum absolute atomic E-state index is 12.7. The van der Waals surface area contributed by atoms with Gasteiger partial charge in [0.2, 0.25) is 0 Å². The van der Waals surface area contributed by atoms with Crippen LogP contribution in [0.3, 0.4) is 0 Å². The lowest BCUT2D eigenvalue weighted by molar-refractivity contribution is 0.0786. The second kappa shape index (κ2) is 6.44. The molecule has 0 atom stereocenters. The van der Waals surface area contributed by atoms with Gasteiger partial charge in [-0.15, -0.1) is 11.3 Å². The van der Waals surface area contributed by atoms with Gasteiger partial charge in [0.25, 0.3) is 15.9 Å². The van der Waals surface area contributed by atoms with E-state index >= 15 is 0 Å². The molecule has 3 rings (SSSR count). The van der Waals surface area contributed by atoms with Crippen LogP contribution in [0.4, 0.5) is 0 Å². The normalized spacial score (nSPS) is 15.6. The van der Waals surface area contributed by atoms with Crippen molar-refractivity contribution in [1.29, 1.82) is 0 Å². The molecule has 1 amide bonds. The van der Waals surface area contributed by atoms with Gasteiger partial charge in [-0.2, -0.15) is 0 Å². The molecule has 6 nitrogen and oxygen atoms in total. The van der Waals surface area contributed by atoms with Crippen LogP contribution in [-0.2, 0) is 15.4 Å². The quantitative estimate of drug-likeness (QED) is 0.832. The third kappa shape index (κ3) is 3.56. The number of primary sulfonamides is 1. The van der Waals surface area contributed by atoms with Crippen LogP contribution in [0.5, 0.6) is 5.75 Å². The molecule has 0 unspecified atom stereocenters. The number of hydrogen-bond donors (Lipinski definition) is 1. The van der Waals surface area contributed by atoms with Crippen molar-refractivity contribution in [1.82, 2.24) is 4.90 Å². The van der Waals surface area contributed by atoms with Gasteiger partial charge in [0.1, 0.15) is 0 Å². The van der Waals surface area contributed by atoms with Crippen molar-refractivity contribution >= 4 is 27.3 Å². The molecule has 1 aromatic carbocycles. The molecule has 1 aliphatic carbocycles. The number of carbonyl (C=O) groups excluding carboxylic acids is 1. The lowest BCUT2D eigenvalue weighted by Crippen LogP contribution is -2.34. The van der Waals surface area contributed by atoms with E-state index in [1.165, 1.54) is 18.7 Å². The van der Waals surface area contributed by atoms with Crippen molar-refractivity contribution in [3.63, 3.8) is 0 Å². The number of ether oxygens (including phenoxy) is 1. The lowest BCUT2D eigenvalue weighted by atomic mass is 9.95. The summed E-state index contributed by atoms with van der Waals surface area (Å²) in [6, 6.07) is 11.6. The van der Waals surface area contributed by atoms with Crippen molar-refractivity contribution in [3.05, 3.63) is 46.8 Å². The number of benzene rings is 1. The first kappa shape index (κ1) is 17.9. The van der Waals surface area contributed by atoms with E-state index in [0.717, 1.165) is 24.2 Å². The van der Waals surface area contributed by atoms with E-state index in [0.29, 0.717) is 11.4 Å². The van der Waals surface area contributed by atoms with Crippen LogP contribution in [0.1, 0.15) is 28.1 Å². The van der Waals surface area contributed by atoms with Gasteiger partial charge in [0, 0.05) is 25.1 Å². The van der Waals surface area contributed by atoms with Gasteiger partial charge in [-0.25, -0.2) is 13.6 Å². The van der Waals surface area contributed by atoms with E-state index in [1.807, 2.05) is 18.2 Å². The third-order valence-electron chi connectivity index (χ3n) is 4.48. The average molecular weight is 380 g/mol. The molecule has 25 heavy (non-hydrogen) atoms. The maximum Gasteiger partial charge on any atom is 0.263 e. The minimum atomic E-state index is -3.93. The molecule has 1 aromatic heterocycles. The number of nitrogens with zero attached hydrogens (tertiary/aromatic N) is 1. The van der Waals surface area contributed by atoms with Gasteiger partial charge in [-0.05, 0) is 18.4 Å². The highest BCUT2D eigenvalue weighted by Gasteiger charge is 2.45. The fourth-order valence-electron chi connectivity index (χ4n) is 3.00. The topological polar surface area (TPSA) is 89.7 Å². The van der Waals surface area contributed by atoms with E-state index in [9.17, 15) is 13.2 Å². The van der Waals surface area contributed by atoms with Gasteiger partial charge in [0.05, 0.1) is 12.0 Å². The van der Waals surface area contributed by atoms with Gasteiger partial charge < -0.3 is 9.64 Å². The van der Waals surface area contributed by atoms with E-state index in [4.69, 9.17) is 9.88 Å². The number of methoxy groups -OCH3 is 1. The number of rotatable bonds is 6. The molecular weight excluding hydrogens is 360 g/mol. The predicted molar refractivity (Wildman–Crippen MR) is 96.6 cm³/mol. The number of likely N-dealkylation sites (N-methyl/N-ethyl adjacent to an activating group) is 1. The van der Waals surface area contributed by atoms with Gasteiger partial charge in [-0.3, -0.25) is 4.79 Å². The fourth-order valence-corrected chi connectivity index (χ4v) is 5.01. The summed E-state index contributed by atoms with van der Waals surface area (Å²) in [6.45, 7) is 0.584. The molecule has 0 bridgehead atoms. The molecule has 8 heteroatoms. The van der Waals surface area contributed by atoms with Crippen molar-refractivity contribution < 1.29 is 17.9 Å². The zero-order valence-corrected chi connectivity index (χ0v) is 15.7. The number of hydrogen-bond acceptors (Lipinski definition) is 5. The third-order valence-corrected chi connectivity index (χ3v) is 7.05. The Hall–Kier alpha value is -1.90. The molecule has 2 N–H and O–H groups in total. The van der Waals surface area contributed by atoms with Crippen LogP contribution in [0.15, 0.2) is 40.6 Å². The van der Waals surface area contributed by atoms with Gasteiger partial charge >= 0.3 is 0 Å². The van der Waals surface area contributed by atoms with Crippen LogP contribution < -0.4 is 9.88 Å². The minimum absolute atomic E-state index is 0.00418. The Morgan fingerprint density at radius 3 is 2.44 bits per heavy atom. The highest BCUT2D eigenvalue weighted by molar-refractivity contribution is 7.91. The van der Waals surface area contributed by atoms with Crippen LogP contribution in [0.2, 0.25) is 0 Å². The summed E-state index contributed by atoms with van der Waals surface area (Å²) >= 11 is 0.841. The SMILES string of the molecule is COc1cc(C(=O)N(C)CC2(c3ccccc3)CC2)sc1S(N)(=O)=O. The predicted octanol–water partition coefficient (Wildman–Crippen LogP) is 2.21. The standard InChI is InChI=1S/C17H20N2O4S2/c1-19(11-17(8-9-17)12-6-4-3-5-7-12)15(20)14-10-13(23-2)16(24-14)25(18,21)22/h3-7,10H,8-9,11H2,1-2H3,(H2,18,21,22). The highest BCUT2D eigenvalue weighted by Crippen LogP contribution is 2.48. The molecule has 0 aliphatic heterocycles. The molecule has 2 aromatic rings. The lowest BCUT2D eigenvalue weighted by Gasteiger charge is -2.24. The van der Waals surface area contributed by atoms with Crippen LogP contribution in [0.25, 0.3) is 0 Å². The molecule has 0 spiro atoms.